The molecule has 0 aliphatic heterocycles. The summed E-state index contributed by atoms with van der Waals surface area (Å²) in [6.07, 6.45) is 0. The summed E-state index contributed by atoms with van der Waals surface area (Å²) in [4.78, 5) is 19.2. The van der Waals surface area contributed by atoms with Crippen LogP contribution in [0.3, 0.4) is 0 Å². The van der Waals surface area contributed by atoms with Crippen molar-refractivity contribution in [2.24, 2.45) is 0 Å². The standard InChI is InChI=1S/C21H22ClN3O/c1-14-8-10-15(11-9-14)19(25(2)3)13-23-21(26)17-12-20(22)24-18-7-5-4-6-16(17)18/h4-12,19H,13H2,1-3H3,(H,23,26). The van der Waals surface area contributed by atoms with Gasteiger partial charge in [0.25, 0.3) is 5.91 Å². The van der Waals surface area contributed by atoms with E-state index in [4.69, 9.17) is 11.6 Å². The number of para-hydroxylation sites is 1. The summed E-state index contributed by atoms with van der Waals surface area (Å²) in [5.74, 6) is -0.149. The number of benzene rings is 2. The van der Waals surface area contributed by atoms with E-state index in [0.717, 1.165) is 5.39 Å². The third kappa shape index (κ3) is 4.03. The first-order valence-corrected chi connectivity index (χ1v) is 8.90. The molecule has 1 aromatic heterocycles. The second kappa shape index (κ2) is 7.85. The van der Waals surface area contributed by atoms with E-state index in [1.54, 1.807) is 6.07 Å². The lowest BCUT2D eigenvalue weighted by atomic mass is 10.0. The fraction of sp³-hybridized carbons (Fsp3) is 0.238. The number of carbonyl (C=O) groups excluding carboxylic acids is 1. The molecule has 0 fully saturated rings. The quantitative estimate of drug-likeness (QED) is 0.686. The van der Waals surface area contributed by atoms with E-state index >= 15 is 0 Å². The van der Waals surface area contributed by atoms with Crippen LogP contribution in [-0.4, -0.2) is 36.4 Å². The highest BCUT2D eigenvalue weighted by molar-refractivity contribution is 6.30. The average Bonchev–Trinajstić information content (AvgIpc) is 2.62. The van der Waals surface area contributed by atoms with Gasteiger partial charge >= 0.3 is 0 Å². The molecule has 0 saturated carbocycles. The normalized spacial score (nSPS) is 12.3. The van der Waals surface area contributed by atoms with Gasteiger partial charge in [0.05, 0.1) is 17.1 Å². The van der Waals surface area contributed by atoms with Crippen LogP contribution in [-0.2, 0) is 0 Å². The maximum absolute atomic E-state index is 12.8. The molecule has 4 nitrogen and oxygen atoms in total. The van der Waals surface area contributed by atoms with Crippen LogP contribution >= 0.6 is 11.6 Å². The minimum absolute atomic E-state index is 0.0862. The Bertz CT molecular complexity index is 922. The molecule has 0 spiro atoms. The number of nitrogens with one attached hydrogen (secondary N) is 1. The predicted octanol–water partition coefficient (Wildman–Crippen LogP) is 4.23. The van der Waals surface area contributed by atoms with E-state index in [0.29, 0.717) is 22.8 Å². The molecule has 0 bridgehead atoms. The summed E-state index contributed by atoms with van der Waals surface area (Å²) in [6.45, 7) is 2.57. The van der Waals surface area contributed by atoms with Gasteiger partial charge in [0, 0.05) is 11.9 Å². The van der Waals surface area contributed by atoms with Gasteiger partial charge in [-0.1, -0.05) is 59.6 Å². The summed E-state index contributed by atoms with van der Waals surface area (Å²) < 4.78 is 0. The molecule has 1 unspecified atom stereocenters. The number of aromatic nitrogens is 1. The van der Waals surface area contributed by atoms with E-state index < -0.39 is 0 Å². The highest BCUT2D eigenvalue weighted by Crippen LogP contribution is 2.22. The van der Waals surface area contributed by atoms with Crippen molar-refractivity contribution in [2.75, 3.05) is 20.6 Å². The maximum Gasteiger partial charge on any atom is 0.252 e. The topological polar surface area (TPSA) is 45.2 Å². The lowest BCUT2D eigenvalue weighted by Gasteiger charge is -2.25. The number of fused-ring (bicyclic) bond motifs is 1. The van der Waals surface area contributed by atoms with Crippen molar-refractivity contribution in [3.05, 3.63) is 76.4 Å². The molecule has 1 heterocycles. The van der Waals surface area contributed by atoms with Gasteiger partial charge < -0.3 is 10.2 Å². The van der Waals surface area contributed by atoms with Crippen molar-refractivity contribution in [1.29, 1.82) is 0 Å². The second-order valence-electron chi connectivity index (χ2n) is 6.61. The maximum atomic E-state index is 12.8. The van der Waals surface area contributed by atoms with E-state index in [1.165, 1.54) is 11.1 Å². The monoisotopic (exact) mass is 367 g/mol. The van der Waals surface area contributed by atoms with Crippen LogP contribution < -0.4 is 5.32 Å². The largest absolute Gasteiger partial charge is 0.350 e. The summed E-state index contributed by atoms with van der Waals surface area (Å²) in [5.41, 5.74) is 3.64. The lowest BCUT2D eigenvalue weighted by Crippen LogP contribution is -2.34. The Kier molecular flexibility index (Phi) is 5.55. The zero-order valence-corrected chi connectivity index (χ0v) is 15.9. The van der Waals surface area contributed by atoms with Crippen LogP contribution in [0.2, 0.25) is 5.15 Å². The number of likely N-dealkylation sites (N-methyl/N-ethyl adjacent to an activating group) is 1. The molecule has 134 valence electrons. The number of nitrogens with zero attached hydrogens (tertiary/aromatic N) is 2. The fourth-order valence-corrected chi connectivity index (χ4v) is 3.20. The van der Waals surface area contributed by atoms with Crippen LogP contribution in [0, 0.1) is 6.92 Å². The average molecular weight is 368 g/mol. The van der Waals surface area contributed by atoms with Gasteiger partial charge in [-0.05, 0) is 38.7 Å². The summed E-state index contributed by atoms with van der Waals surface area (Å²) >= 11 is 6.09. The molecule has 3 rings (SSSR count). The third-order valence-corrected chi connectivity index (χ3v) is 4.66. The highest BCUT2D eigenvalue weighted by Gasteiger charge is 2.17. The molecular weight excluding hydrogens is 346 g/mol. The first-order chi connectivity index (χ1) is 12.5. The third-order valence-electron chi connectivity index (χ3n) is 4.47. The molecule has 1 N–H and O–H groups in total. The molecular formula is C21H22ClN3O. The number of pyridine rings is 1. The van der Waals surface area contributed by atoms with Crippen LogP contribution in [0.15, 0.2) is 54.6 Å². The number of hydrogen-bond donors (Lipinski definition) is 1. The zero-order valence-electron chi connectivity index (χ0n) is 15.2. The van der Waals surface area contributed by atoms with Crippen molar-refractivity contribution in [3.63, 3.8) is 0 Å². The second-order valence-corrected chi connectivity index (χ2v) is 7.00. The minimum Gasteiger partial charge on any atom is -0.350 e. The molecule has 0 radical (unpaired) electrons. The Morgan fingerprint density at radius 3 is 2.54 bits per heavy atom. The van der Waals surface area contributed by atoms with Gasteiger partial charge in [-0.2, -0.15) is 0 Å². The van der Waals surface area contributed by atoms with Crippen molar-refractivity contribution >= 4 is 28.4 Å². The molecule has 3 aromatic rings. The molecule has 26 heavy (non-hydrogen) atoms. The predicted molar refractivity (Wildman–Crippen MR) is 107 cm³/mol. The number of halogens is 1. The van der Waals surface area contributed by atoms with E-state index in [2.05, 4.69) is 46.4 Å². The Balaban J connectivity index is 1.82. The number of carbonyl (C=O) groups is 1. The number of aryl methyl sites for hydroxylation is 1. The molecule has 1 amide bonds. The lowest BCUT2D eigenvalue weighted by molar-refractivity contribution is 0.0943. The van der Waals surface area contributed by atoms with Gasteiger partial charge in [-0.15, -0.1) is 0 Å². The van der Waals surface area contributed by atoms with Gasteiger partial charge in [0.2, 0.25) is 0 Å². The molecule has 0 aliphatic rings. The van der Waals surface area contributed by atoms with Crippen LogP contribution in [0.5, 0.6) is 0 Å². The molecule has 2 aromatic carbocycles. The van der Waals surface area contributed by atoms with Crippen molar-refractivity contribution < 1.29 is 4.79 Å². The Labute approximate surface area is 158 Å². The van der Waals surface area contributed by atoms with Crippen molar-refractivity contribution in [2.45, 2.75) is 13.0 Å². The smallest absolute Gasteiger partial charge is 0.252 e. The Morgan fingerprint density at radius 1 is 1.15 bits per heavy atom. The van der Waals surface area contributed by atoms with Gasteiger partial charge in [-0.25, -0.2) is 4.98 Å². The fourth-order valence-electron chi connectivity index (χ4n) is 3.00. The Hall–Kier alpha value is -2.43. The molecule has 1 atom stereocenters. The SMILES string of the molecule is Cc1ccc(C(CNC(=O)c2cc(Cl)nc3ccccc23)N(C)C)cc1. The van der Waals surface area contributed by atoms with E-state index in [9.17, 15) is 4.79 Å². The summed E-state index contributed by atoms with van der Waals surface area (Å²) in [7, 11) is 4.02. The molecule has 0 saturated heterocycles. The summed E-state index contributed by atoms with van der Waals surface area (Å²) in [5, 5.41) is 4.16. The van der Waals surface area contributed by atoms with Crippen LogP contribution in [0.1, 0.15) is 27.5 Å². The van der Waals surface area contributed by atoms with Crippen LogP contribution in [0.25, 0.3) is 10.9 Å². The first kappa shape index (κ1) is 18.4. The molecule has 5 heteroatoms. The van der Waals surface area contributed by atoms with Gasteiger partial charge in [-0.3, -0.25) is 4.79 Å². The Morgan fingerprint density at radius 2 is 1.85 bits per heavy atom. The summed E-state index contributed by atoms with van der Waals surface area (Å²) in [6, 6.07) is 17.6. The van der Waals surface area contributed by atoms with Gasteiger partial charge in [0.15, 0.2) is 0 Å². The minimum atomic E-state index is -0.149. The highest BCUT2D eigenvalue weighted by atomic mass is 35.5. The van der Waals surface area contributed by atoms with Crippen molar-refractivity contribution in [1.82, 2.24) is 15.2 Å². The van der Waals surface area contributed by atoms with Crippen LogP contribution in [0.4, 0.5) is 0 Å². The zero-order chi connectivity index (χ0) is 18.7. The number of rotatable bonds is 5. The van der Waals surface area contributed by atoms with E-state index in [-0.39, 0.29) is 11.9 Å². The number of amides is 1. The number of hydrogen-bond acceptors (Lipinski definition) is 3. The van der Waals surface area contributed by atoms with E-state index in [1.807, 2.05) is 38.4 Å². The molecule has 0 aliphatic carbocycles. The van der Waals surface area contributed by atoms with Gasteiger partial charge in [0.1, 0.15) is 5.15 Å². The van der Waals surface area contributed by atoms with Crippen molar-refractivity contribution in [3.8, 4) is 0 Å². The first-order valence-electron chi connectivity index (χ1n) is 8.52.